The molecule has 1 amide bonds. The highest BCUT2D eigenvalue weighted by atomic mass is 16.5. The van der Waals surface area contributed by atoms with Crippen LogP contribution in [-0.4, -0.2) is 40.9 Å². The minimum atomic E-state index is -0.866. The van der Waals surface area contributed by atoms with Gasteiger partial charge in [0.25, 0.3) is 5.91 Å². The number of aliphatic hydroxyl groups is 1. The third-order valence-corrected chi connectivity index (χ3v) is 3.66. The second kappa shape index (κ2) is 5.85. The maximum absolute atomic E-state index is 12.2. The molecule has 6 heteroatoms. The predicted octanol–water partition coefficient (Wildman–Crippen LogP) is 0.922. The fourth-order valence-electron chi connectivity index (χ4n) is 2.37. The molecule has 1 aromatic rings. The predicted molar refractivity (Wildman–Crippen MR) is 76.6 cm³/mol. The van der Waals surface area contributed by atoms with Gasteiger partial charge in [0, 0.05) is 44.8 Å². The number of nitrogens with zero attached hydrogens (tertiary/aromatic N) is 1. The molecule has 20 heavy (non-hydrogen) atoms. The molecule has 0 aliphatic carbocycles. The van der Waals surface area contributed by atoms with E-state index in [-0.39, 0.29) is 18.5 Å². The van der Waals surface area contributed by atoms with Crippen LogP contribution in [0.15, 0.2) is 12.3 Å². The zero-order chi connectivity index (χ0) is 14.8. The number of nitrogens with two attached hydrogens (primary N) is 1. The van der Waals surface area contributed by atoms with E-state index >= 15 is 0 Å². The van der Waals surface area contributed by atoms with Crippen LogP contribution in [0.25, 0.3) is 0 Å². The fraction of sp³-hybridized carbons (Fsp3) is 0.643. The van der Waals surface area contributed by atoms with E-state index in [0.717, 1.165) is 0 Å². The van der Waals surface area contributed by atoms with Crippen molar-refractivity contribution < 1.29 is 14.6 Å². The molecule has 0 radical (unpaired) electrons. The van der Waals surface area contributed by atoms with Gasteiger partial charge >= 0.3 is 0 Å². The molecule has 0 atom stereocenters. The zero-order valence-corrected chi connectivity index (χ0v) is 12.1. The second-order valence-corrected chi connectivity index (χ2v) is 5.68. The molecule has 0 aromatic carbocycles. The van der Waals surface area contributed by atoms with Crippen LogP contribution in [0.4, 0.5) is 5.69 Å². The minimum absolute atomic E-state index is 0.152. The molecular formula is C14H23N3O3. The number of carbonyl (C=O) groups is 1. The monoisotopic (exact) mass is 281 g/mol. The average molecular weight is 281 g/mol. The normalized spacial score (nSPS) is 18.2. The van der Waals surface area contributed by atoms with Crippen molar-refractivity contribution in [2.75, 3.05) is 25.5 Å². The topological polar surface area (TPSA) is 89.5 Å². The smallest absolute Gasteiger partial charge is 0.268 e. The van der Waals surface area contributed by atoms with E-state index < -0.39 is 5.60 Å². The molecule has 0 spiro atoms. The summed E-state index contributed by atoms with van der Waals surface area (Å²) in [6, 6.07) is 1.81. The number of nitrogens with one attached hydrogen (secondary N) is 1. The van der Waals surface area contributed by atoms with Crippen LogP contribution >= 0.6 is 0 Å². The summed E-state index contributed by atoms with van der Waals surface area (Å²) >= 11 is 0. The van der Waals surface area contributed by atoms with E-state index in [0.29, 0.717) is 37.4 Å². The summed E-state index contributed by atoms with van der Waals surface area (Å²) in [5.74, 6) is -0.213. The summed E-state index contributed by atoms with van der Waals surface area (Å²) in [6.07, 6.45) is 2.84. The first-order valence-corrected chi connectivity index (χ1v) is 6.97. The molecule has 6 nitrogen and oxygen atoms in total. The third-order valence-electron chi connectivity index (χ3n) is 3.66. The number of rotatable bonds is 4. The minimum Gasteiger partial charge on any atom is -0.397 e. The van der Waals surface area contributed by atoms with Crippen LogP contribution in [0.5, 0.6) is 0 Å². The lowest BCUT2D eigenvalue weighted by molar-refractivity contribution is -0.0605. The molecule has 2 heterocycles. The Morgan fingerprint density at radius 3 is 2.80 bits per heavy atom. The molecule has 1 saturated heterocycles. The number of anilines is 1. The van der Waals surface area contributed by atoms with E-state index in [4.69, 9.17) is 10.5 Å². The summed E-state index contributed by atoms with van der Waals surface area (Å²) < 4.78 is 7.05. The van der Waals surface area contributed by atoms with Crippen molar-refractivity contribution in [2.24, 2.45) is 0 Å². The number of hydrogen-bond acceptors (Lipinski definition) is 4. The van der Waals surface area contributed by atoms with Crippen molar-refractivity contribution in [1.29, 1.82) is 0 Å². The molecule has 1 aliphatic rings. The zero-order valence-electron chi connectivity index (χ0n) is 12.1. The van der Waals surface area contributed by atoms with Crippen LogP contribution in [0.3, 0.4) is 0 Å². The van der Waals surface area contributed by atoms with Gasteiger partial charge in [-0.1, -0.05) is 0 Å². The van der Waals surface area contributed by atoms with E-state index in [1.54, 1.807) is 12.3 Å². The maximum atomic E-state index is 12.2. The standard InChI is InChI=1S/C14H23N3O3/c1-10(2)17-8-11(15)7-12(17)13(18)16-9-14(19)3-5-20-6-4-14/h7-8,10,19H,3-6,9,15H2,1-2H3,(H,16,18). The van der Waals surface area contributed by atoms with Gasteiger partial charge in [0.1, 0.15) is 5.69 Å². The van der Waals surface area contributed by atoms with Crippen molar-refractivity contribution in [1.82, 2.24) is 9.88 Å². The van der Waals surface area contributed by atoms with Crippen LogP contribution in [-0.2, 0) is 4.74 Å². The van der Waals surface area contributed by atoms with Gasteiger partial charge in [-0.05, 0) is 19.9 Å². The molecule has 1 aromatic heterocycles. The Hall–Kier alpha value is -1.53. The number of amides is 1. The number of carbonyl (C=O) groups excluding carboxylic acids is 1. The average Bonchev–Trinajstić information content (AvgIpc) is 2.79. The Balaban J connectivity index is 2.01. The molecule has 0 bridgehead atoms. The highest BCUT2D eigenvalue weighted by Gasteiger charge is 2.30. The largest absolute Gasteiger partial charge is 0.397 e. The Morgan fingerprint density at radius 2 is 2.20 bits per heavy atom. The van der Waals surface area contributed by atoms with Gasteiger partial charge in [0.2, 0.25) is 0 Å². The molecule has 0 unspecified atom stereocenters. The first-order chi connectivity index (χ1) is 9.41. The highest BCUT2D eigenvalue weighted by molar-refractivity contribution is 5.93. The van der Waals surface area contributed by atoms with Crippen molar-refractivity contribution in [3.05, 3.63) is 18.0 Å². The van der Waals surface area contributed by atoms with Gasteiger partial charge in [-0.25, -0.2) is 0 Å². The van der Waals surface area contributed by atoms with Crippen LogP contribution in [0.2, 0.25) is 0 Å². The Bertz CT molecular complexity index is 476. The summed E-state index contributed by atoms with van der Waals surface area (Å²) in [4.78, 5) is 12.2. The first kappa shape index (κ1) is 14.9. The Morgan fingerprint density at radius 1 is 1.55 bits per heavy atom. The summed E-state index contributed by atoms with van der Waals surface area (Å²) in [7, 11) is 0. The lowest BCUT2D eigenvalue weighted by atomic mass is 9.94. The molecular weight excluding hydrogens is 258 g/mol. The molecule has 4 N–H and O–H groups in total. The number of ether oxygens (including phenoxy) is 1. The number of nitrogen functional groups attached to an aromatic ring is 1. The van der Waals surface area contributed by atoms with Gasteiger partial charge in [-0.3, -0.25) is 4.79 Å². The number of hydrogen-bond donors (Lipinski definition) is 3. The fourth-order valence-corrected chi connectivity index (χ4v) is 2.37. The van der Waals surface area contributed by atoms with Crippen molar-refractivity contribution in [3.63, 3.8) is 0 Å². The van der Waals surface area contributed by atoms with E-state index in [9.17, 15) is 9.90 Å². The Kier molecular flexibility index (Phi) is 4.35. The molecule has 0 saturated carbocycles. The lowest BCUT2D eigenvalue weighted by Gasteiger charge is -2.32. The van der Waals surface area contributed by atoms with E-state index in [2.05, 4.69) is 5.32 Å². The van der Waals surface area contributed by atoms with Crippen LogP contribution in [0.1, 0.15) is 43.2 Å². The van der Waals surface area contributed by atoms with Gasteiger partial charge in [0.05, 0.1) is 11.3 Å². The molecule has 112 valence electrons. The third kappa shape index (κ3) is 3.32. The second-order valence-electron chi connectivity index (χ2n) is 5.68. The van der Waals surface area contributed by atoms with Gasteiger partial charge in [-0.15, -0.1) is 0 Å². The van der Waals surface area contributed by atoms with Crippen LogP contribution in [0, 0.1) is 0 Å². The van der Waals surface area contributed by atoms with Crippen molar-refractivity contribution >= 4 is 11.6 Å². The highest BCUT2D eigenvalue weighted by Crippen LogP contribution is 2.20. The SMILES string of the molecule is CC(C)n1cc(N)cc1C(=O)NCC1(O)CCOCC1. The Labute approximate surface area is 118 Å². The van der Waals surface area contributed by atoms with E-state index in [1.807, 2.05) is 18.4 Å². The lowest BCUT2D eigenvalue weighted by Crippen LogP contribution is -2.46. The van der Waals surface area contributed by atoms with Gasteiger partial charge < -0.3 is 25.5 Å². The van der Waals surface area contributed by atoms with Gasteiger partial charge in [0.15, 0.2) is 0 Å². The molecule has 1 aliphatic heterocycles. The van der Waals surface area contributed by atoms with Crippen molar-refractivity contribution in [3.8, 4) is 0 Å². The summed E-state index contributed by atoms with van der Waals surface area (Å²) in [5.41, 5.74) is 5.97. The molecule has 1 fully saturated rings. The first-order valence-electron chi connectivity index (χ1n) is 6.97. The summed E-state index contributed by atoms with van der Waals surface area (Å²) in [6.45, 7) is 5.27. The van der Waals surface area contributed by atoms with Crippen molar-refractivity contribution in [2.45, 2.75) is 38.3 Å². The summed E-state index contributed by atoms with van der Waals surface area (Å²) in [5, 5.41) is 13.1. The van der Waals surface area contributed by atoms with Crippen LogP contribution < -0.4 is 11.1 Å². The number of aromatic nitrogens is 1. The molecule has 2 rings (SSSR count). The quantitative estimate of drug-likeness (QED) is 0.765. The van der Waals surface area contributed by atoms with E-state index in [1.165, 1.54) is 0 Å². The maximum Gasteiger partial charge on any atom is 0.268 e. The van der Waals surface area contributed by atoms with Gasteiger partial charge in [-0.2, -0.15) is 0 Å².